The van der Waals surface area contributed by atoms with Crippen molar-refractivity contribution in [2.75, 3.05) is 6.61 Å². The van der Waals surface area contributed by atoms with E-state index >= 15 is 0 Å². The van der Waals surface area contributed by atoms with Gasteiger partial charge >= 0.3 is 267 Å². The van der Waals surface area contributed by atoms with Crippen molar-refractivity contribution in [2.24, 2.45) is 17.8 Å². The molecule has 0 aromatic rings. The van der Waals surface area contributed by atoms with Crippen LogP contribution in [0.25, 0.3) is 0 Å². The first-order valence-corrected chi connectivity index (χ1v) is 30.8. The molecule has 0 spiro atoms. The molecule has 0 rings (SSSR count). The summed E-state index contributed by atoms with van der Waals surface area (Å²) in [6, 6.07) is 0. The van der Waals surface area contributed by atoms with Gasteiger partial charge in [-0.2, -0.15) is 0 Å². The van der Waals surface area contributed by atoms with Gasteiger partial charge < -0.3 is 0 Å². The second-order valence-corrected chi connectivity index (χ2v) is 39.2. The summed E-state index contributed by atoms with van der Waals surface area (Å²) in [5.41, 5.74) is 0. The van der Waals surface area contributed by atoms with Crippen LogP contribution < -0.4 is 0 Å². The first-order valence-electron chi connectivity index (χ1n) is 17.3. The van der Waals surface area contributed by atoms with Crippen LogP contribution in [0.1, 0.15) is 122 Å². The van der Waals surface area contributed by atoms with Crippen LogP contribution in [-0.4, -0.2) is 58.9 Å². The monoisotopic (exact) mass is 720 g/mol. The van der Waals surface area contributed by atoms with Crippen molar-refractivity contribution < 1.29 is 14.0 Å². The summed E-state index contributed by atoms with van der Waals surface area (Å²) >= 11 is -2.40. The van der Waals surface area contributed by atoms with E-state index in [4.69, 9.17) is 8.85 Å². The predicted molar refractivity (Wildman–Crippen MR) is 193 cm³/mol. The van der Waals surface area contributed by atoms with E-state index in [0.29, 0.717) is 6.61 Å². The predicted octanol–water partition coefficient (Wildman–Crippen LogP) is 11.6. The van der Waals surface area contributed by atoms with Crippen LogP contribution in [0.15, 0.2) is 10.2 Å². The molecule has 0 saturated heterocycles. The third-order valence-electron chi connectivity index (χ3n) is 10.7. The molecule has 0 unspecified atom stereocenters. The quantitative estimate of drug-likeness (QED) is 0.127. The minimum absolute atomic E-state index is 0.0277. The Labute approximate surface area is 265 Å². The Kier molecular flexibility index (Phi) is 18.5. The normalized spacial score (nSPS) is 18.0. The maximum absolute atomic E-state index is 11.9. The molecular formula is C35H76O3Si2Sn. The van der Waals surface area contributed by atoms with Gasteiger partial charge in [0, 0.05) is 0 Å². The van der Waals surface area contributed by atoms with E-state index in [1.165, 1.54) is 51.8 Å². The molecule has 3 nitrogen and oxygen atoms in total. The zero-order chi connectivity index (χ0) is 32.3. The van der Waals surface area contributed by atoms with Crippen molar-refractivity contribution in [1.29, 1.82) is 0 Å². The van der Waals surface area contributed by atoms with Gasteiger partial charge in [-0.05, 0) is 0 Å². The number of aliphatic hydroxyl groups excluding tert-OH is 1. The summed E-state index contributed by atoms with van der Waals surface area (Å²) in [5.74, 6) is 0.384. The molecule has 0 bridgehead atoms. The topological polar surface area (TPSA) is 38.7 Å². The van der Waals surface area contributed by atoms with Gasteiger partial charge in [-0.3, -0.25) is 0 Å². The summed E-state index contributed by atoms with van der Waals surface area (Å²) < 4.78 is 21.0. The molecule has 41 heavy (non-hydrogen) atoms. The Morgan fingerprint density at radius 1 is 0.732 bits per heavy atom. The average molecular weight is 720 g/mol. The zero-order valence-electron chi connectivity index (χ0n) is 30.9. The summed E-state index contributed by atoms with van der Waals surface area (Å²) in [4.78, 5) is 0. The summed E-state index contributed by atoms with van der Waals surface area (Å²) in [6.45, 7) is 37.7. The van der Waals surface area contributed by atoms with Gasteiger partial charge in [-0.25, -0.2) is 0 Å². The van der Waals surface area contributed by atoms with Crippen molar-refractivity contribution in [3.63, 3.8) is 0 Å². The minimum atomic E-state index is -2.40. The standard InChI is InChI=1S/C23H49O3Si2.3C4H9.Sn/c1-15-17(2)20(24)19(4)21(26-28(13,14)23(8,9)10)18(3)16-25-27(11,12)22(5,6)7;3*1-3-4-2;/h1,15,17-21,24H,16H2,2-14H3;3*1,3-4H2,2H3;/t17-,18-,19-,20-,21-;;;;/m1..../s1. The molecule has 0 aromatic heterocycles. The molecule has 0 radical (unpaired) electrons. The Morgan fingerprint density at radius 2 is 1.15 bits per heavy atom. The molecule has 246 valence electrons. The number of aliphatic hydroxyl groups is 1. The first kappa shape index (κ1) is 41.9. The van der Waals surface area contributed by atoms with Gasteiger partial charge in [0.15, 0.2) is 0 Å². The molecule has 0 aliphatic heterocycles. The van der Waals surface area contributed by atoms with Crippen LogP contribution in [0.3, 0.4) is 0 Å². The number of hydrogen-bond acceptors (Lipinski definition) is 3. The van der Waals surface area contributed by atoms with E-state index in [9.17, 15) is 5.11 Å². The first-order chi connectivity index (χ1) is 18.6. The summed E-state index contributed by atoms with van der Waals surface area (Å²) in [6.07, 6.45) is 9.99. The molecule has 1 N–H and O–H groups in total. The third-order valence-corrected chi connectivity index (χ3v) is 33.8. The molecule has 0 aliphatic carbocycles. The van der Waals surface area contributed by atoms with Crippen LogP contribution in [0.5, 0.6) is 0 Å². The third kappa shape index (κ3) is 13.8. The second-order valence-electron chi connectivity index (χ2n) is 16.6. The van der Waals surface area contributed by atoms with E-state index < -0.39 is 41.1 Å². The van der Waals surface area contributed by atoms with E-state index in [2.05, 4.69) is 119 Å². The van der Waals surface area contributed by atoms with Crippen molar-refractivity contribution in [3.05, 3.63) is 10.2 Å². The van der Waals surface area contributed by atoms with E-state index in [0.717, 1.165) is 0 Å². The van der Waals surface area contributed by atoms with Gasteiger partial charge in [0.1, 0.15) is 0 Å². The van der Waals surface area contributed by atoms with Crippen molar-refractivity contribution in [3.8, 4) is 0 Å². The van der Waals surface area contributed by atoms with Crippen LogP contribution in [0, 0.1) is 17.8 Å². The van der Waals surface area contributed by atoms with E-state index in [-0.39, 0.29) is 33.9 Å². The SMILES string of the molecule is CCC[CH2][Sn](/[CH]=C/[C@@H](C)[C@@H](O)[C@@H](C)[C@H](O[Si](C)(C)C(C)(C)C)[C@H](C)CO[Si](C)(C)C(C)(C)C)([CH2]CCC)[CH2]CCC. The number of hydrogen-bond donors (Lipinski definition) is 1. The fourth-order valence-electron chi connectivity index (χ4n) is 5.26. The van der Waals surface area contributed by atoms with E-state index in [1.54, 1.807) is 0 Å². The van der Waals surface area contributed by atoms with E-state index in [1.807, 2.05) is 0 Å². The maximum atomic E-state index is 11.9. The van der Waals surface area contributed by atoms with Gasteiger partial charge in [0.05, 0.1) is 0 Å². The van der Waals surface area contributed by atoms with Crippen LogP contribution in [-0.2, 0) is 8.85 Å². The summed E-state index contributed by atoms with van der Waals surface area (Å²) in [7, 11) is -3.91. The molecule has 0 aromatic carbocycles. The van der Waals surface area contributed by atoms with Gasteiger partial charge in [0.2, 0.25) is 0 Å². The van der Waals surface area contributed by atoms with Gasteiger partial charge in [-0.1, -0.05) is 0 Å². The van der Waals surface area contributed by atoms with Crippen LogP contribution in [0.4, 0.5) is 0 Å². The molecule has 0 heterocycles. The zero-order valence-corrected chi connectivity index (χ0v) is 35.7. The molecule has 0 aliphatic rings. The fourth-order valence-corrected chi connectivity index (χ4v) is 22.5. The Hall–Kier alpha value is 0.852. The number of unbranched alkanes of at least 4 members (excludes halogenated alkanes) is 3. The average Bonchev–Trinajstić information content (AvgIpc) is 2.87. The Balaban J connectivity index is 6.15. The van der Waals surface area contributed by atoms with Crippen LogP contribution >= 0.6 is 0 Å². The molecular weight excluding hydrogens is 643 g/mol. The van der Waals surface area contributed by atoms with Gasteiger partial charge in [-0.15, -0.1) is 0 Å². The van der Waals surface area contributed by atoms with Crippen molar-refractivity contribution in [2.45, 2.75) is 183 Å². The van der Waals surface area contributed by atoms with Crippen molar-refractivity contribution >= 4 is 35.0 Å². The molecule has 5 atom stereocenters. The number of rotatable bonds is 20. The van der Waals surface area contributed by atoms with Gasteiger partial charge in [0.25, 0.3) is 0 Å². The summed E-state index contributed by atoms with van der Waals surface area (Å²) in [5, 5.41) is 12.2. The second kappa shape index (κ2) is 18.1. The molecule has 0 fully saturated rings. The Morgan fingerprint density at radius 3 is 1.51 bits per heavy atom. The molecule has 6 heteroatoms. The van der Waals surface area contributed by atoms with Crippen LogP contribution in [0.2, 0.25) is 49.6 Å². The molecule has 0 saturated carbocycles. The molecule has 0 amide bonds. The van der Waals surface area contributed by atoms with Crippen molar-refractivity contribution in [1.82, 2.24) is 0 Å². The Bertz CT molecular complexity index is 717. The fraction of sp³-hybridized carbons (Fsp3) is 0.943.